The number of carbonyl (C=O) groups is 1. The minimum atomic E-state index is -0.1000. The number of amides is 1. The van der Waals surface area contributed by atoms with E-state index in [4.69, 9.17) is 4.74 Å². The number of carbonyl (C=O) groups excluding carboxylic acids is 1. The van der Waals surface area contributed by atoms with E-state index in [1.54, 1.807) is 7.11 Å². The molecule has 6 heteroatoms. The first-order valence-corrected chi connectivity index (χ1v) is 10.0. The lowest BCUT2D eigenvalue weighted by molar-refractivity contribution is -0.135. The Bertz CT molecular complexity index is 880. The maximum atomic E-state index is 12.8. The fourth-order valence-corrected chi connectivity index (χ4v) is 4.14. The van der Waals surface area contributed by atoms with Crippen LogP contribution in [0.1, 0.15) is 31.4 Å². The van der Waals surface area contributed by atoms with Crippen molar-refractivity contribution in [1.29, 1.82) is 0 Å². The fraction of sp³-hybridized carbons (Fsp3) is 0.545. The third-order valence-electron chi connectivity index (χ3n) is 5.69. The van der Waals surface area contributed by atoms with Crippen LogP contribution in [0.4, 0.5) is 0 Å². The Morgan fingerprint density at radius 3 is 2.61 bits per heavy atom. The lowest BCUT2D eigenvalue weighted by Gasteiger charge is -2.44. The topological polar surface area (TPSA) is 65.6 Å². The van der Waals surface area contributed by atoms with Gasteiger partial charge in [0.25, 0.3) is 5.56 Å². The number of piperazine rings is 1. The number of benzene rings is 1. The van der Waals surface area contributed by atoms with Gasteiger partial charge in [-0.25, -0.2) is 0 Å². The van der Waals surface area contributed by atoms with E-state index in [2.05, 4.69) is 23.7 Å². The molecule has 0 saturated carbocycles. The monoisotopic (exact) mass is 385 g/mol. The SMILES string of the molecule is COCCN1C(C)CN(C(=O)CCc2cc3ccc(C)cc3[nH]c2=O)CC1C. The van der Waals surface area contributed by atoms with E-state index in [0.717, 1.165) is 36.1 Å². The van der Waals surface area contributed by atoms with Gasteiger partial charge >= 0.3 is 0 Å². The molecule has 1 saturated heterocycles. The van der Waals surface area contributed by atoms with Crippen LogP contribution in [0.2, 0.25) is 0 Å². The molecule has 1 fully saturated rings. The molecule has 1 N–H and O–H groups in total. The summed E-state index contributed by atoms with van der Waals surface area (Å²) in [4.78, 5) is 32.4. The number of aryl methyl sites for hydroxylation is 2. The summed E-state index contributed by atoms with van der Waals surface area (Å²) in [6.45, 7) is 9.34. The Labute approximate surface area is 166 Å². The maximum absolute atomic E-state index is 12.8. The van der Waals surface area contributed by atoms with Crippen LogP contribution in [-0.2, 0) is 16.0 Å². The zero-order chi connectivity index (χ0) is 20.3. The van der Waals surface area contributed by atoms with Gasteiger partial charge in [0.1, 0.15) is 0 Å². The molecule has 2 aromatic rings. The predicted octanol–water partition coefficient (Wildman–Crippen LogP) is 2.34. The largest absolute Gasteiger partial charge is 0.383 e. The van der Waals surface area contributed by atoms with E-state index in [1.165, 1.54) is 0 Å². The Hall–Kier alpha value is -2.18. The lowest BCUT2D eigenvalue weighted by Crippen LogP contribution is -2.58. The van der Waals surface area contributed by atoms with Gasteiger partial charge in [0.2, 0.25) is 5.91 Å². The lowest BCUT2D eigenvalue weighted by atomic mass is 10.0. The molecule has 2 atom stereocenters. The second kappa shape index (κ2) is 8.88. The first-order chi connectivity index (χ1) is 13.4. The van der Waals surface area contributed by atoms with Crippen LogP contribution in [0, 0.1) is 6.92 Å². The Morgan fingerprint density at radius 1 is 1.21 bits per heavy atom. The number of rotatable bonds is 6. The molecule has 0 radical (unpaired) electrons. The number of pyridine rings is 1. The minimum absolute atomic E-state index is 0.1000. The number of aromatic amines is 1. The molecule has 1 amide bonds. The number of nitrogens with one attached hydrogen (secondary N) is 1. The van der Waals surface area contributed by atoms with Crippen molar-refractivity contribution in [3.8, 4) is 0 Å². The quantitative estimate of drug-likeness (QED) is 0.829. The molecule has 28 heavy (non-hydrogen) atoms. The highest BCUT2D eigenvalue weighted by Crippen LogP contribution is 2.18. The van der Waals surface area contributed by atoms with Crippen molar-refractivity contribution in [1.82, 2.24) is 14.8 Å². The van der Waals surface area contributed by atoms with Gasteiger partial charge in [0.05, 0.1) is 6.61 Å². The molecule has 0 aliphatic carbocycles. The van der Waals surface area contributed by atoms with Gasteiger partial charge in [0.15, 0.2) is 0 Å². The van der Waals surface area contributed by atoms with Crippen molar-refractivity contribution < 1.29 is 9.53 Å². The Kier molecular flexibility index (Phi) is 6.52. The molecule has 0 bridgehead atoms. The van der Waals surface area contributed by atoms with Crippen molar-refractivity contribution in [3.05, 3.63) is 45.7 Å². The Morgan fingerprint density at radius 2 is 1.93 bits per heavy atom. The minimum Gasteiger partial charge on any atom is -0.383 e. The van der Waals surface area contributed by atoms with Gasteiger partial charge in [-0.15, -0.1) is 0 Å². The third-order valence-corrected chi connectivity index (χ3v) is 5.69. The average Bonchev–Trinajstić information content (AvgIpc) is 2.65. The summed E-state index contributed by atoms with van der Waals surface area (Å²) in [7, 11) is 1.71. The van der Waals surface area contributed by atoms with Crippen LogP contribution < -0.4 is 5.56 Å². The second-order valence-corrected chi connectivity index (χ2v) is 7.94. The fourth-order valence-electron chi connectivity index (χ4n) is 4.14. The van der Waals surface area contributed by atoms with Crippen LogP contribution >= 0.6 is 0 Å². The van der Waals surface area contributed by atoms with Gasteiger partial charge in [-0.3, -0.25) is 14.5 Å². The van der Waals surface area contributed by atoms with Crippen molar-refractivity contribution in [3.63, 3.8) is 0 Å². The first-order valence-electron chi connectivity index (χ1n) is 10.0. The van der Waals surface area contributed by atoms with Crippen LogP contribution in [0.3, 0.4) is 0 Å². The molecule has 1 aromatic carbocycles. The van der Waals surface area contributed by atoms with E-state index >= 15 is 0 Å². The molecule has 0 spiro atoms. The Balaban J connectivity index is 1.63. The van der Waals surface area contributed by atoms with E-state index < -0.39 is 0 Å². The smallest absolute Gasteiger partial charge is 0.251 e. The zero-order valence-electron chi connectivity index (χ0n) is 17.3. The number of ether oxygens (including phenoxy) is 1. The van der Waals surface area contributed by atoms with Crippen molar-refractivity contribution in [2.24, 2.45) is 0 Å². The van der Waals surface area contributed by atoms with Gasteiger partial charge in [-0.05, 0) is 50.3 Å². The number of aromatic nitrogens is 1. The zero-order valence-corrected chi connectivity index (χ0v) is 17.3. The molecule has 1 aromatic heterocycles. The van der Waals surface area contributed by atoms with Crippen LogP contribution in [0.25, 0.3) is 10.9 Å². The van der Waals surface area contributed by atoms with Crippen molar-refractivity contribution in [2.45, 2.75) is 45.7 Å². The summed E-state index contributed by atoms with van der Waals surface area (Å²) in [5.41, 5.74) is 2.52. The van der Waals surface area contributed by atoms with Gasteiger partial charge in [-0.1, -0.05) is 12.1 Å². The molecule has 3 rings (SSSR count). The average molecular weight is 386 g/mol. The highest BCUT2D eigenvalue weighted by atomic mass is 16.5. The van der Waals surface area contributed by atoms with E-state index in [0.29, 0.717) is 37.1 Å². The summed E-state index contributed by atoms with van der Waals surface area (Å²) in [5, 5.41) is 1.00. The number of methoxy groups -OCH3 is 1. The van der Waals surface area contributed by atoms with Gasteiger partial charge in [-0.2, -0.15) is 0 Å². The normalized spacial score (nSPS) is 20.6. The number of H-pyrrole nitrogens is 1. The van der Waals surface area contributed by atoms with Crippen LogP contribution in [0.15, 0.2) is 29.1 Å². The van der Waals surface area contributed by atoms with E-state index in [-0.39, 0.29) is 11.5 Å². The molecule has 1 aliphatic heterocycles. The van der Waals surface area contributed by atoms with Gasteiger partial charge in [0, 0.05) is 56.3 Å². The van der Waals surface area contributed by atoms with Crippen molar-refractivity contribution >= 4 is 16.8 Å². The molecular weight excluding hydrogens is 354 g/mol. The molecular formula is C22H31N3O3. The number of nitrogens with zero attached hydrogens (tertiary/aromatic N) is 2. The second-order valence-electron chi connectivity index (χ2n) is 7.94. The molecule has 2 unspecified atom stereocenters. The highest BCUT2D eigenvalue weighted by molar-refractivity contribution is 5.80. The van der Waals surface area contributed by atoms with Crippen molar-refractivity contribution in [2.75, 3.05) is 33.4 Å². The summed E-state index contributed by atoms with van der Waals surface area (Å²) < 4.78 is 5.20. The number of hydrogen-bond donors (Lipinski definition) is 1. The summed E-state index contributed by atoms with van der Waals surface area (Å²) in [6.07, 6.45) is 0.822. The standard InChI is InChI=1S/C22H31N3O3/c1-15-5-6-18-12-19(22(27)23-20(18)11-15)7-8-21(26)24-13-16(2)25(9-10-28-4)17(3)14-24/h5-6,11-12,16-17H,7-10,13-14H2,1-4H3,(H,23,27). The third kappa shape index (κ3) is 4.62. The highest BCUT2D eigenvalue weighted by Gasteiger charge is 2.31. The molecule has 6 nitrogen and oxygen atoms in total. The first kappa shape index (κ1) is 20.6. The van der Waals surface area contributed by atoms with Gasteiger partial charge < -0.3 is 14.6 Å². The van der Waals surface area contributed by atoms with E-state index in [9.17, 15) is 9.59 Å². The maximum Gasteiger partial charge on any atom is 0.251 e. The summed E-state index contributed by atoms with van der Waals surface area (Å²) >= 11 is 0. The predicted molar refractivity (Wildman–Crippen MR) is 112 cm³/mol. The molecule has 2 heterocycles. The molecule has 1 aliphatic rings. The number of fused-ring (bicyclic) bond motifs is 1. The van der Waals surface area contributed by atoms with Crippen LogP contribution in [-0.4, -0.2) is 66.1 Å². The molecule has 152 valence electrons. The van der Waals surface area contributed by atoms with E-state index in [1.807, 2.05) is 36.1 Å². The van der Waals surface area contributed by atoms with Crippen LogP contribution in [0.5, 0.6) is 0 Å². The number of hydrogen-bond acceptors (Lipinski definition) is 4. The summed E-state index contributed by atoms with van der Waals surface area (Å²) in [5.74, 6) is 0.119. The summed E-state index contributed by atoms with van der Waals surface area (Å²) in [6, 6.07) is 8.52.